The molecule has 16 heavy (non-hydrogen) atoms. The van der Waals surface area contributed by atoms with Gasteiger partial charge in [0.1, 0.15) is 0 Å². The Morgan fingerprint density at radius 3 is 1.88 bits per heavy atom. The van der Waals surface area contributed by atoms with Gasteiger partial charge in [0.2, 0.25) is 0 Å². The molecule has 0 bridgehead atoms. The Labute approximate surface area is 96.7 Å². The maximum atomic E-state index is 2.42. The van der Waals surface area contributed by atoms with Gasteiger partial charge in [-0.25, -0.2) is 0 Å². The molecule has 0 atom stereocenters. The van der Waals surface area contributed by atoms with E-state index in [2.05, 4.69) is 48.3 Å². The van der Waals surface area contributed by atoms with Gasteiger partial charge in [-0.2, -0.15) is 0 Å². The summed E-state index contributed by atoms with van der Waals surface area (Å²) in [5, 5.41) is 2.76. The fraction of sp³-hybridized carbons (Fsp3) is 0.333. The van der Waals surface area contributed by atoms with Gasteiger partial charge >= 0.3 is 0 Å². The Morgan fingerprint density at radius 2 is 1.38 bits per heavy atom. The average molecular weight is 211 g/mol. The van der Waals surface area contributed by atoms with Gasteiger partial charge in [0.15, 0.2) is 0 Å². The maximum absolute atomic E-state index is 2.42. The standard InChI is InChI=1S/C15H17N/c1-16-8-6-14-10-12-4-2-3-5-13(12)11-15(14)7-9-16/h2-5,10-11H,6-9H2,1H3. The molecule has 0 saturated carbocycles. The molecule has 82 valence electrons. The molecular weight excluding hydrogens is 194 g/mol. The molecule has 0 unspecified atom stereocenters. The first kappa shape index (κ1) is 9.86. The first-order valence-electron chi connectivity index (χ1n) is 6.02. The van der Waals surface area contributed by atoms with Crippen LogP contribution in [0.4, 0.5) is 0 Å². The van der Waals surface area contributed by atoms with Crippen molar-refractivity contribution in [1.29, 1.82) is 0 Å². The predicted molar refractivity (Wildman–Crippen MR) is 68.9 cm³/mol. The highest BCUT2D eigenvalue weighted by Crippen LogP contribution is 2.23. The van der Waals surface area contributed by atoms with Crippen molar-refractivity contribution in [2.45, 2.75) is 12.8 Å². The van der Waals surface area contributed by atoms with E-state index >= 15 is 0 Å². The van der Waals surface area contributed by atoms with Crippen LogP contribution in [-0.2, 0) is 12.8 Å². The van der Waals surface area contributed by atoms with Gasteiger partial charge in [0.05, 0.1) is 0 Å². The molecule has 0 aromatic heterocycles. The van der Waals surface area contributed by atoms with Crippen molar-refractivity contribution < 1.29 is 0 Å². The van der Waals surface area contributed by atoms with Crippen LogP contribution in [0.25, 0.3) is 10.8 Å². The van der Waals surface area contributed by atoms with E-state index in [0.717, 1.165) is 0 Å². The Kier molecular flexibility index (Phi) is 2.41. The van der Waals surface area contributed by atoms with Crippen LogP contribution < -0.4 is 0 Å². The Hall–Kier alpha value is -1.34. The lowest BCUT2D eigenvalue weighted by Gasteiger charge is -2.10. The van der Waals surface area contributed by atoms with Gasteiger partial charge in [-0.3, -0.25) is 0 Å². The summed E-state index contributed by atoms with van der Waals surface area (Å²) >= 11 is 0. The number of hydrogen-bond acceptors (Lipinski definition) is 1. The minimum absolute atomic E-state index is 1.19. The van der Waals surface area contributed by atoms with Crippen molar-refractivity contribution in [3.05, 3.63) is 47.5 Å². The summed E-state index contributed by atoms with van der Waals surface area (Å²) in [4.78, 5) is 2.42. The van der Waals surface area contributed by atoms with Crippen LogP contribution in [0.3, 0.4) is 0 Å². The van der Waals surface area contributed by atoms with E-state index in [1.54, 1.807) is 11.1 Å². The van der Waals surface area contributed by atoms with Crippen molar-refractivity contribution in [1.82, 2.24) is 4.90 Å². The molecule has 0 N–H and O–H groups in total. The topological polar surface area (TPSA) is 3.24 Å². The molecule has 0 fully saturated rings. The van der Waals surface area contributed by atoms with Gasteiger partial charge < -0.3 is 4.90 Å². The van der Waals surface area contributed by atoms with Crippen molar-refractivity contribution >= 4 is 10.8 Å². The van der Waals surface area contributed by atoms with Crippen LogP contribution in [0, 0.1) is 0 Å². The van der Waals surface area contributed by atoms with E-state index in [9.17, 15) is 0 Å². The normalized spacial score (nSPS) is 17.1. The fourth-order valence-electron chi connectivity index (χ4n) is 2.53. The molecule has 0 amide bonds. The lowest BCUT2D eigenvalue weighted by Crippen LogP contribution is -2.20. The van der Waals surface area contributed by atoms with Crippen LogP contribution in [0.5, 0.6) is 0 Å². The number of hydrogen-bond donors (Lipinski definition) is 0. The highest BCUT2D eigenvalue weighted by molar-refractivity contribution is 5.84. The van der Waals surface area contributed by atoms with Gasteiger partial charge in [0.25, 0.3) is 0 Å². The lowest BCUT2D eigenvalue weighted by molar-refractivity contribution is 0.352. The molecule has 1 nitrogen and oxygen atoms in total. The number of likely N-dealkylation sites (N-methyl/N-ethyl adjacent to an activating group) is 1. The highest BCUT2D eigenvalue weighted by atomic mass is 15.1. The molecule has 2 aromatic carbocycles. The van der Waals surface area contributed by atoms with Gasteiger partial charge in [-0.1, -0.05) is 36.4 Å². The number of benzene rings is 2. The zero-order valence-electron chi connectivity index (χ0n) is 9.74. The summed E-state index contributed by atoms with van der Waals surface area (Å²) in [7, 11) is 2.21. The third-order valence-electron chi connectivity index (χ3n) is 3.59. The number of rotatable bonds is 0. The zero-order chi connectivity index (χ0) is 11.0. The lowest BCUT2D eigenvalue weighted by atomic mass is 9.98. The van der Waals surface area contributed by atoms with E-state index < -0.39 is 0 Å². The Morgan fingerprint density at radius 1 is 0.875 bits per heavy atom. The minimum atomic E-state index is 1.19. The average Bonchev–Trinajstić information content (AvgIpc) is 2.49. The van der Waals surface area contributed by atoms with Crippen LogP contribution in [0.15, 0.2) is 36.4 Å². The van der Waals surface area contributed by atoms with E-state index in [1.807, 2.05) is 0 Å². The van der Waals surface area contributed by atoms with Crippen LogP contribution >= 0.6 is 0 Å². The SMILES string of the molecule is CN1CCc2cc3ccccc3cc2CC1. The second-order valence-electron chi connectivity index (χ2n) is 4.77. The third kappa shape index (κ3) is 1.72. The summed E-state index contributed by atoms with van der Waals surface area (Å²) < 4.78 is 0. The number of nitrogens with zero attached hydrogens (tertiary/aromatic N) is 1. The molecule has 0 saturated heterocycles. The van der Waals surface area contributed by atoms with E-state index in [1.165, 1.54) is 36.7 Å². The summed E-state index contributed by atoms with van der Waals surface area (Å²) in [6.07, 6.45) is 2.38. The molecule has 1 heteroatoms. The maximum Gasteiger partial charge on any atom is 0.00190 e. The molecule has 0 aliphatic carbocycles. The summed E-state index contributed by atoms with van der Waals surface area (Å²) in [6.45, 7) is 2.37. The molecule has 1 aliphatic heterocycles. The molecular formula is C15H17N. The Bertz CT molecular complexity index is 469. The first-order valence-corrected chi connectivity index (χ1v) is 6.02. The van der Waals surface area contributed by atoms with Crippen LogP contribution in [0.2, 0.25) is 0 Å². The smallest absolute Gasteiger partial charge is 0.00190 e. The first-order chi connectivity index (χ1) is 7.83. The van der Waals surface area contributed by atoms with Gasteiger partial charge in [0, 0.05) is 13.1 Å². The second-order valence-corrected chi connectivity index (χ2v) is 4.77. The van der Waals surface area contributed by atoms with E-state index in [0.29, 0.717) is 0 Å². The van der Waals surface area contributed by atoms with Crippen LogP contribution in [0.1, 0.15) is 11.1 Å². The monoisotopic (exact) mass is 211 g/mol. The quantitative estimate of drug-likeness (QED) is 0.647. The largest absolute Gasteiger partial charge is 0.306 e. The van der Waals surface area contributed by atoms with Crippen LogP contribution in [-0.4, -0.2) is 25.0 Å². The van der Waals surface area contributed by atoms with Gasteiger partial charge in [-0.15, -0.1) is 0 Å². The Balaban J connectivity index is 2.13. The van der Waals surface area contributed by atoms with Gasteiger partial charge in [-0.05, 0) is 41.8 Å². The highest BCUT2D eigenvalue weighted by Gasteiger charge is 2.11. The number of fused-ring (bicyclic) bond motifs is 2. The predicted octanol–water partition coefficient (Wildman–Crippen LogP) is 2.87. The third-order valence-corrected chi connectivity index (χ3v) is 3.59. The van der Waals surface area contributed by atoms with Crippen molar-refractivity contribution in [2.24, 2.45) is 0 Å². The molecule has 3 rings (SSSR count). The molecule has 2 aromatic rings. The van der Waals surface area contributed by atoms with Crippen molar-refractivity contribution in [3.8, 4) is 0 Å². The van der Waals surface area contributed by atoms with E-state index in [4.69, 9.17) is 0 Å². The summed E-state index contributed by atoms with van der Waals surface area (Å²) in [5.74, 6) is 0. The minimum Gasteiger partial charge on any atom is -0.306 e. The fourth-order valence-corrected chi connectivity index (χ4v) is 2.53. The van der Waals surface area contributed by atoms with Crippen molar-refractivity contribution in [3.63, 3.8) is 0 Å². The van der Waals surface area contributed by atoms with Crippen molar-refractivity contribution in [2.75, 3.05) is 20.1 Å². The molecule has 0 spiro atoms. The zero-order valence-corrected chi connectivity index (χ0v) is 9.74. The second kappa shape index (κ2) is 3.91. The molecule has 1 heterocycles. The molecule has 0 radical (unpaired) electrons. The van der Waals surface area contributed by atoms with E-state index in [-0.39, 0.29) is 0 Å². The summed E-state index contributed by atoms with van der Waals surface area (Å²) in [5.41, 5.74) is 3.09. The molecule has 1 aliphatic rings. The summed E-state index contributed by atoms with van der Waals surface area (Å²) in [6, 6.07) is 13.4.